The fourth-order valence-corrected chi connectivity index (χ4v) is 2.60. The molecule has 10 heteroatoms. The topological polar surface area (TPSA) is 141 Å². The largest absolute Gasteiger partial charge is 0.397 e. The summed E-state index contributed by atoms with van der Waals surface area (Å²) < 4.78 is 31.0. The van der Waals surface area contributed by atoms with Gasteiger partial charge in [-0.25, -0.2) is 8.42 Å². The standard InChI is InChI=1S/C10H10N4O5S/c1-6-4-10(12-19-6)13-20(17,18)9-3-2-7(14(15)16)5-8(9)11/h2-5H,11H2,1H3,(H,12,13). The van der Waals surface area contributed by atoms with Gasteiger partial charge in [0, 0.05) is 18.2 Å². The van der Waals surface area contributed by atoms with Crippen LogP contribution in [0.15, 0.2) is 33.7 Å². The van der Waals surface area contributed by atoms with Gasteiger partial charge in [0.2, 0.25) is 0 Å². The fraction of sp³-hybridized carbons (Fsp3) is 0.100. The molecule has 20 heavy (non-hydrogen) atoms. The van der Waals surface area contributed by atoms with Crippen molar-refractivity contribution >= 4 is 27.2 Å². The van der Waals surface area contributed by atoms with Gasteiger partial charge in [-0.05, 0) is 13.0 Å². The molecule has 0 atom stereocenters. The van der Waals surface area contributed by atoms with Gasteiger partial charge in [0.15, 0.2) is 5.82 Å². The molecule has 0 saturated carbocycles. The zero-order chi connectivity index (χ0) is 14.9. The van der Waals surface area contributed by atoms with E-state index in [1.54, 1.807) is 6.92 Å². The molecule has 0 spiro atoms. The van der Waals surface area contributed by atoms with Gasteiger partial charge in [0.25, 0.3) is 15.7 Å². The Bertz CT molecular complexity index is 768. The van der Waals surface area contributed by atoms with Crippen molar-refractivity contribution in [2.45, 2.75) is 11.8 Å². The van der Waals surface area contributed by atoms with E-state index < -0.39 is 14.9 Å². The predicted molar refractivity (Wildman–Crippen MR) is 69.6 cm³/mol. The maximum absolute atomic E-state index is 12.1. The molecule has 3 N–H and O–H groups in total. The lowest BCUT2D eigenvalue weighted by Gasteiger charge is -2.07. The van der Waals surface area contributed by atoms with Crippen LogP contribution in [-0.2, 0) is 10.0 Å². The maximum atomic E-state index is 12.1. The van der Waals surface area contributed by atoms with Crippen molar-refractivity contribution < 1.29 is 17.9 Å². The number of nitrogens with two attached hydrogens (primary N) is 1. The fourth-order valence-electron chi connectivity index (χ4n) is 1.50. The van der Waals surface area contributed by atoms with Crippen LogP contribution in [0.4, 0.5) is 17.2 Å². The Labute approximate surface area is 113 Å². The van der Waals surface area contributed by atoms with Gasteiger partial charge < -0.3 is 10.3 Å². The van der Waals surface area contributed by atoms with E-state index in [9.17, 15) is 18.5 Å². The normalized spacial score (nSPS) is 11.2. The smallest absolute Gasteiger partial charge is 0.271 e. The molecule has 0 bridgehead atoms. The van der Waals surface area contributed by atoms with Gasteiger partial charge in [-0.15, -0.1) is 0 Å². The summed E-state index contributed by atoms with van der Waals surface area (Å²) in [5.74, 6) is 0.430. The Hall–Kier alpha value is -2.62. The summed E-state index contributed by atoms with van der Waals surface area (Å²) in [6.45, 7) is 1.60. The first-order chi connectivity index (χ1) is 9.29. The second-order valence-electron chi connectivity index (χ2n) is 3.91. The summed E-state index contributed by atoms with van der Waals surface area (Å²) in [5.41, 5.74) is 5.01. The zero-order valence-electron chi connectivity index (χ0n) is 10.2. The number of anilines is 2. The number of aromatic nitrogens is 1. The van der Waals surface area contributed by atoms with Gasteiger partial charge in [-0.3, -0.25) is 14.8 Å². The Balaban J connectivity index is 2.37. The molecule has 1 heterocycles. The average molecular weight is 298 g/mol. The summed E-state index contributed by atoms with van der Waals surface area (Å²) >= 11 is 0. The first-order valence-corrected chi connectivity index (χ1v) is 6.78. The van der Waals surface area contributed by atoms with Crippen molar-refractivity contribution in [2.24, 2.45) is 0 Å². The molecule has 0 unspecified atom stereocenters. The highest BCUT2D eigenvalue weighted by molar-refractivity contribution is 7.92. The number of sulfonamides is 1. The summed E-state index contributed by atoms with van der Waals surface area (Å²) in [4.78, 5) is 9.63. The van der Waals surface area contributed by atoms with Crippen molar-refractivity contribution in [1.29, 1.82) is 0 Å². The van der Waals surface area contributed by atoms with Crippen LogP contribution in [0.25, 0.3) is 0 Å². The monoisotopic (exact) mass is 298 g/mol. The molecular formula is C10H10N4O5S. The lowest BCUT2D eigenvalue weighted by molar-refractivity contribution is -0.384. The summed E-state index contributed by atoms with van der Waals surface area (Å²) in [6.07, 6.45) is 0. The minimum atomic E-state index is -3.99. The Morgan fingerprint density at radius 2 is 2.10 bits per heavy atom. The summed E-state index contributed by atoms with van der Waals surface area (Å²) in [7, 11) is -3.99. The van der Waals surface area contributed by atoms with E-state index in [2.05, 4.69) is 9.88 Å². The Kier molecular flexibility index (Phi) is 3.32. The van der Waals surface area contributed by atoms with Gasteiger partial charge >= 0.3 is 0 Å². The van der Waals surface area contributed by atoms with Crippen molar-refractivity contribution in [1.82, 2.24) is 5.16 Å². The molecule has 1 aromatic carbocycles. The zero-order valence-corrected chi connectivity index (χ0v) is 11.0. The van der Waals surface area contributed by atoms with Crippen molar-refractivity contribution in [3.05, 3.63) is 40.1 Å². The lowest BCUT2D eigenvalue weighted by atomic mass is 10.3. The van der Waals surface area contributed by atoms with E-state index in [1.165, 1.54) is 6.07 Å². The van der Waals surface area contributed by atoms with Gasteiger partial charge in [0.05, 0.1) is 10.6 Å². The molecule has 0 aliphatic heterocycles. The highest BCUT2D eigenvalue weighted by atomic mass is 32.2. The number of nitrogens with zero attached hydrogens (tertiary/aromatic N) is 2. The second kappa shape index (κ2) is 4.81. The Morgan fingerprint density at radius 3 is 2.60 bits per heavy atom. The van der Waals surface area contributed by atoms with E-state index in [4.69, 9.17) is 10.3 Å². The third-order valence-electron chi connectivity index (χ3n) is 2.36. The molecule has 0 amide bonds. The number of aryl methyl sites for hydroxylation is 1. The molecular weight excluding hydrogens is 288 g/mol. The van der Waals surface area contributed by atoms with Crippen LogP contribution in [0.3, 0.4) is 0 Å². The summed E-state index contributed by atoms with van der Waals surface area (Å²) in [6, 6.07) is 4.48. The minimum Gasteiger partial charge on any atom is -0.397 e. The van der Waals surface area contributed by atoms with E-state index in [0.717, 1.165) is 18.2 Å². The molecule has 0 aliphatic carbocycles. The lowest BCUT2D eigenvalue weighted by Crippen LogP contribution is -2.15. The number of nitrogen functional groups attached to an aromatic ring is 1. The van der Waals surface area contributed by atoms with Crippen molar-refractivity contribution in [3.8, 4) is 0 Å². The van der Waals surface area contributed by atoms with E-state index >= 15 is 0 Å². The predicted octanol–water partition coefficient (Wildman–Crippen LogP) is 1.27. The number of nitro groups is 1. The van der Waals surface area contributed by atoms with Crippen LogP contribution in [0, 0.1) is 17.0 Å². The van der Waals surface area contributed by atoms with Gasteiger partial charge in [-0.1, -0.05) is 5.16 Å². The molecule has 0 fully saturated rings. The highest BCUT2D eigenvalue weighted by Gasteiger charge is 2.21. The van der Waals surface area contributed by atoms with E-state index in [0.29, 0.717) is 5.76 Å². The van der Waals surface area contributed by atoms with Crippen LogP contribution in [0.5, 0.6) is 0 Å². The first-order valence-electron chi connectivity index (χ1n) is 5.29. The third-order valence-corrected chi connectivity index (χ3v) is 3.79. The van der Waals surface area contributed by atoms with Crippen molar-refractivity contribution in [3.63, 3.8) is 0 Å². The summed E-state index contributed by atoms with van der Waals surface area (Å²) in [5, 5.41) is 14.1. The average Bonchev–Trinajstić information content (AvgIpc) is 2.73. The molecule has 0 aliphatic rings. The Morgan fingerprint density at radius 1 is 1.40 bits per heavy atom. The molecule has 2 aromatic rings. The number of nitro benzene ring substituents is 1. The van der Waals surface area contributed by atoms with Gasteiger partial charge in [0.1, 0.15) is 10.7 Å². The molecule has 1 aromatic heterocycles. The van der Waals surface area contributed by atoms with Crippen LogP contribution in [0.1, 0.15) is 5.76 Å². The number of nitrogens with one attached hydrogen (secondary N) is 1. The van der Waals surface area contributed by atoms with Crippen LogP contribution in [0.2, 0.25) is 0 Å². The third kappa shape index (κ3) is 2.69. The number of benzene rings is 1. The maximum Gasteiger partial charge on any atom is 0.271 e. The molecule has 2 rings (SSSR count). The minimum absolute atomic E-state index is 0.000234. The molecule has 0 saturated heterocycles. The van der Waals surface area contributed by atoms with Crippen LogP contribution >= 0.6 is 0 Å². The molecule has 0 radical (unpaired) electrons. The molecule has 106 valence electrons. The van der Waals surface area contributed by atoms with E-state index in [-0.39, 0.29) is 22.1 Å². The highest BCUT2D eigenvalue weighted by Crippen LogP contribution is 2.25. The van der Waals surface area contributed by atoms with Crippen molar-refractivity contribution in [2.75, 3.05) is 10.5 Å². The van der Waals surface area contributed by atoms with Crippen LogP contribution < -0.4 is 10.5 Å². The molecule has 9 nitrogen and oxygen atoms in total. The number of hydrogen-bond acceptors (Lipinski definition) is 7. The van der Waals surface area contributed by atoms with Crippen LogP contribution in [-0.4, -0.2) is 18.5 Å². The number of non-ortho nitro benzene ring substituents is 1. The number of rotatable bonds is 4. The van der Waals surface area contributed by atoms with E-state index in [1.807, 2.05) is 0 Å². The SMILES string of the molecule is Cc1cc(NS(=O)(=O)c2ccc([N+](=O)[O-])cc2N)no1. The second-order valence-corrected chi connectivity index (χ2v) is 5.56. The first kappa shape index (κ1) is 13.8. The number of hydrogen-bond donors (Lipinski definition) is 2. The quantitative estimate of drug-likeness (QED) is 0.491. The van der Waals surface area contributed by atoms with Gasteiger partial charge in [-0.2, -0.15) is 0 Å².